The van der Waals surface area contributed by atoms with Gasteiger partial charge in [0.15, 0.2) is 0 Å². The number of ether oxygens (including phenoxy) is 1. The first-order valence-corrected chi connectivity index (χ1v) is 12.7. The molecule has 1 heterocycles. The molecule has 0 aliphatic heterocycles. The number of hydrogen-bond acceptors (Lipinski definition) is 3. The molecule has 5 aromatic rings. The predicted octanol–water partition coefficient (Wildman–Crippen LogP) is 6.79. The molecule has 0 radical (unpaired) electrons. The number of aromatic nitrogens is 2. The largest absolute Gasteiger partial charge is 0.497 e. The third kappa shape index (κ3) is 5.07. The van der Waals surface area contributed by atoms with E-state index in [1.54, 1.807) is 7.11 Å². The Morgan fingerprint density at radius 1 is 0.784 bits per heavy atom. The molecule has 0 saturated carbocycles. The molecule has 0 aliphatic rings. The highest BCUT2D eigenvalue weighted by molar-refractivity contribution is 5.50. The first kappa shape index (κ1) is 24.5. The van der Waals surface area contributed by atoms with Crippen LogP contribution in [0.25, 0.3) is 0 Å². The number of methoxy groups -OCH3 is 1. The summed E-state index contributed by atoms with van der Waals surface area (Å²) in [5, 5.41) is 11.1. The van der Waals surface area contributed by atoms with Crippen LogP contribution in [-0.2, 0) is 12.0 Å². The van der Waals surface area contributed by atoms with Crippen molar-refractivity contribution in [1.82, 2.24) is 9.55 Å². The number of imidazole rings is 1. The summed E-state index contributed by atoms with van der Waals surface area (Å²) in [7, 11) is 1.68. The van der Waals surface area contributed by atoms with E-state index in [4.69, 9.17) is 9.72 Å². The van der Waals surface area contributed by atoms with Gasteiger partial charge in [0.05, 0.1) is 25.2 Å². The molecule has 0 bridgehead atoms. The van der Waals surface area contributed by atoms with Crippen LogP contribution >= 0.6 is 0 Å². The Bertz CT molecular complexity index is 1300. The van der Waals surface area contributed by atoms with Gasteiger partial charge in [-0.3, -0.25) is 0 Å². The van der Waals surface area contributed by atoms with Gasteiger partial charge >= 0.3 is 0 Å². The number of nitrogens with zero attached hydrogens (tertiary/aromatic N) is 2. The Morgan fingerprint density at radius 3 is 1.89 bits per heavy atom. The molecule has 0 fully saturated rings. The lowest BCUT2D eigenvalue weighted by atomic mass is 9.77. The van der Waals surface area contributed by atoms with Gasteiger partial charge in [-0.2, -0.15) is 0 Å². The molecule has 0 spiro atoms. The van der Waals surface area contributed by atoms with Gasteiger partial charge in [-0.05, 0) is 53.6 Å². The zero-order chi connectivity index (χ0) is 25.5. The van der Waals surface area contributed by atoms with Crippen LogP contribution in [0.2, 0.25) is 0 Å². The maximum atomic E-state index is 11.1. The van der Waals surface area contributed by atoms with Gasteiger partial charge < -0.3 is 14.4 Å². The second-order valence-electron chi connectivity index (χ2n) is 9.27. The Kier molecular flexibility index (Phi) is 7.48. The summed E-state index contributed by atoms with van der Waals surface area (Å²) in [6.45, 7) is 0. The number of aliphatic hydroxyl groups is 1. The summed E-state index contributed by atoms with van der Waals surface area (Å²) in [6, 6.07) is 39.6. The highest BCUT2D eigenvalue weighted by Gasteiger charge is 2.38. The van der Waals surface area contributed by atoms with Crippen LogP contribution in [0.5, 0.6) is 5.75 Å². The van der Waals surface area contributed by atoms with Crippen LogP contribution in [0.3, 0.4) is 0 Å². The van der Waals surface area contributed by atoms with Crippen LogP contribution in [0.4, 0.5) is 0 Å². The van der Waals surface area contributed by atoms with E-state index in [1.807, 2.05) is 42.9 Å². The lowest BCUT2D eigenvalue weighted by molar-refractivity contribution is 0.160. The molecule has 1 atom stereocenters. The second-order valence-corrected chi connectivity index (χ2v) is 9.27. The van der Waals surface area contributed by atoms with Crippen molar-refractivity contribution in [3.8, 4) is 5.75 Å². The molecule has 1 aromatic heterocycles. The van der Waals surface area contributed by atoms with Crippen LogP contribution in [0, 0.1) is 0 Å². The number of hydrogen-bond donors (Lipinski definition) is 1. The van der Waals surface area contributed by atoms with Crippen LogP contribution in [-0.4, -0.2) is 21.8 Å². The minimum Gasteiger partial charge on any atom is -0.497 e. The van der Waals surface area contributed by atoms with Crippen molar-refractivity contribution in [3.63, 3.8) is 0 Å². The van der Waals surface area contributed by atoms with Crippen molar-refractivity contribution in [1.29, 1.82) is 0 Å². The Morgan fingerprint density at radius 2 is 1.35 bits per heavy atom. The molecule has 4 aromatic carbocycles. The fourth-order valence-electron chi connectivity index (χ4n) is 5.15. The Hall–Kier alpha value is -4.15. The number of rotatable bonds is 10. The van der Waals surface area contributed by atoms with Crippen LogP contribution < -0.4 is 4.74 Å². The van der Waals surface area contributed by atoms with Gasteiger partial charge in [-0.25, -0.2) is 4.98 Å². The monoisotopic (exact) mass is 488 g/mol. The molecule has 0 saturated heterocycles. The van der Waals surface area contributed by atoms with E-state index in [9.17, 15) is 5.11 Å². The summed E-state index contributed by atoms with van der Waals surface area (Å²) in [5.74, 6) is 0.857. The van der Waals surface area contributed by atoms with E-state index < -0.39 is 11.6 Å². The van der Waals surface area contributed by atoms with E-state index in [-0.39, 0.29) is 0 Å². The fraction of sp³-hybridized carbons (Fsp3) is 0.182. The normalized spacial score (nSPS) is 12.3. The summed E-state index contributed by atoms with van der Waals surface area (Å²) in [4.78, 5) is 4.70. The molecular formula is C33H32N2O2. The van der Waals surface area contributed by atoms with Crippen molar-refractivity contribution < 1.29 is 9.84 Å². The van der Waals surface area contributed by atoms with E-state index in [0.717, 1.165) is 35.3 Å². The van der Waals surface area contributed by atoms with Gasteiger partial charge in [0.25, 0.3) is 0 Å². The maximum Gasteiger partial charge on any atom is 0.121 e. The molecule has 0 amide bonds. The van der Waals surface area contributed by atoms with Crippen molar-refractivity contribution in [3.05, 3.63) is 156 Å². The van der Waals surface area contributed by atoms with Gasteiger partial charge in [-0.1, -0.05) is 103 Å². The topological polar surface area (TPSA) is 47.3 Å². The van der Waals surface area contributed by atoms with Gasteiger partial charge in [0, 0.05) is 6.20 Å². The zero-order valence-corrected chi connectivity index (χ0v) is 21.1. The quantitative estimate of drug-likeness (QED) is 0.220. The predicted molar refractivity (Wildman–Crippen MR) is 148 cm³/mol. The molecular weight excluding hydrogens is 456 g/mol. The van der Waals surface area contributed by atoms with Crippen molar-refractivity contribution >= 4 is 0 Å². The van der Waals surface area contributed by atoms with E-state index in [1.165, 1.54) is 5.56 Å². The van der Waals surface area contributed by atoms with Crippen LogP contribution in [0.1, 0.15) is 46.9 Å². The van der Waals surface area contributed by atoms with Gasteiger partial charge in [-0.15, -0.1) is 0 Å². The highest BCUT2D eigenvalue weighted by atomic mass is 16.5. The number of benzene rings is 4. The van der Waals surface area contributed by atoms with Gasteiger partial charge in [0.1, 0.15) is 11.3 Å². The Balaban J connectivity index is 1.48. The zero-order valence-electron chi connectivity index (χ0n) is 21.1. The van der Waals surface area contributed by atoms with Crippen molar-refractivity contribution in [2.75, 3.05) is 7.11 Å². The van der Waals surface area contributed by atoms with E-state index in [0.29, 0.717) is 12.1 Å². The third-order valence-electron chi connectivity index (χ3n) is 6.98. The number of aryl methyl sites for hydroxylation is 1. The molecule has 1 unspecified atom stereocenters. The lowest BCUT2D eigenvalue weighted by Gasteiger charge is -2.37. The Labute approximate surface area is 218 Å². The fourth-order valence-corrected chi connectivity index (χ4v) is 5.15. The first-order valence-electron chi connectivity index (χ1n) is 12.7. The molecule has 186 valence electrons. The van der Waals surface area contributed by atoms with Crippen LogP contribution in [0.15, 0.2) is 128 Å². The number of aliphatic hydroxyl groups excluding tert-OH is 1. The van der Waals surface area contributed by atoms with Gasteiger partial charge in [0.2, 0.25) is 0 Å². The molecule has 0 aliphatic carbocycles. The maximum absolute atomic E-state index is 11.1. The molecule has 37 heavy (non-hydrogen) atoms. The van der Waals surface area contributed by atoms with Crippen molar-refractivity contribution in [2.24, 2.45) is 0 Å². The standard InChI is InChI=1S/C33H32N2O2/c1-37-30-21-11-13-26(23-30)14-12-22-32(36)31-24-35(25-34-31)33(27-15-5-2-6-16-27,28-17-7-3-8-18-28)29-19-9-4-10-20-29/h2-11,13,15-21,23-25,32,36H,12,14,22H2,1H3. The average Bonchev–Trinajstić information content (AvgIpc) is 3.46. The third-order valence-corrected chi connectivity index (χ3v) is 6.98. The van der Waals surface area contributed by atoms with Crippen molar-refractivity contribution in [2.45, 2.75) is 30.9 Å². The minimum atomic E-state index is -0.646. The van der Waals surface area contributed by atoms with E-state index >= 15 is 0 Å². The summed E-state index contributed by atoms with van der Waals surface area (Å²) < 4.78 is 7.48. The first-order chi connectivity index (χ1) is 18.2. The second kappa shape index (κ2) is 11.3. The summed E-state index contributed by atoms with van der Waals surface area (Å²) >= 11 is 0. The summed E-state index contributed by atoms with van der Waals surface area (Å²) in [5.41, 5.74) is 4.64. The van der Waals surface area contributed by atoms with E-state index in [2.05, 4.69) is 89.5 Å². The molecule has 1 N–H and O–H groups in total. The lowest BCUT2D eigenvalue weighted by Crippen LogP contribution is -2.37. The summed E-state index contributed by atoms with van der Waals surface area (Å²) in [6.07, 6.45) is 5.56. The molecule has 4 nitrogen and oxygen atoms in total. The minimum absolute atomic E-state index is 0.628. The molecule has 4 heteroatoms. The SMILES string of the molecule is COc1cccc(CCCC(O)c2cn(C(c3ccccc3)(c3ccccc3)c3ccccc3)cn2)c1. The average molecular weight is 489 g/mol. The smallest absolute Gasteiger partial charge is 0.121 e. The molecule has 5 rings (SSSR count). The highest BCUT2D eigenvalue weighted by Crippen LogP contribution is 2.41.